The molecule has 0 aromatic heterocycles. The maximum atomic E-state index is 4.94. The van der Waals surface area contributed by atoms with Crippen LogP contribution in [-0.2, 0) is 9.47 Å². The molecule has 15 heavy (non-hydrogen) atoms. The largest absolute Gasteiger partial charge is 0.377 e. The maximum absolute atomic E-state index is 4.94. The lowest BCUT2D eigenvalue weighted by Gasteiger charge is -2.09. The van der Waals surface area contributed by atoms with Gasteiger partial charge in [0.2, 0.25) is 0 Å². The number of rotatable bonds is 3. The molecule has 0 saturated carbocycles. The molecule has 0 unspecified atom stereocenters. The Labute approximate surface area is 104 Å². The van der Waals surface area contributed by atoms with Crippen LogP contribution in [-0.4, -0.2) is 31.8 Å². The normalized spacial score (nSPS) is 14.4. The lowest BCUT2D eigenvalue weighted by Crippen LogP contribution is -2.16. The van der Waals surface area contributed by atoms with E-state index in [4.69, 9.17) is 32.7 Å². The van der Waals surface area contributed by atoms with Crippen LogP contribution in [0.4, 0.5) is 0 Å². The van der Waals surface area contributed by atoms with E-state index in [9.17, 15) is 0 Å². The summed E-state index contributed by atoms with van der Waals surface area (Å²) >= 11 is 9.53. The first-order valence-corrected chi connectivity index (χ1v) is 6.67. The van der Waals surface area contributed by atoms with Crippen LogP contribution < -0.4 is 0 Å². The van der Waals surface area contributed by atoms with E-state index in [1.165, 1.54) is 25.7 Å². The molecule has 0 spiro atoms. The molecule has 1 fully saturated rings. The van der Waals surface area contributed by atoms with Crippen LogP contribution >= 0.6 is 23.2 Å². The molecule has 0 aromatic carbocycles. The Hall–Kier alpha value is 0.500. The molecule has 0 aliphatic carbocycles. The van der Waals surface area contributed by atoms with Gasteiger partial charge in [0.1, 0.15) is 0 Å². The minimum Gasteiger partial charge on any atom is -0.377 e. The van der Waals surface area contributed by atoms with Gasteiger partial charge >= 0.3 is 0 Å². The van der Waals surface area contributed by atoms with E-state index in [-0.39, 0.29) is 5.34 Å². The van der Waals surface area contributed by atoms with E-state index in [2.05, 4.69) is 13.8 Å². The van der Waals surface area contributed by atoms with Crippen molar-refractivity contribution in [3.63, 3.8) is 0 Å². The van der Waals surface area contributed by atoms with Crippen molar-refractivity contribution >= 4 is 23.2 Å². The molecular weight excluding hydrogens is 235 g/mol. The predicted molar refractivity (Wildman–Crippen MR) is 68.0 cm³/mol. The van der Waals surface area contributed by atoms with Crippen molar-refractivity contribution in [1.29, 1.82) is 0 Å². The highest BCUT2D eigenvalue weighted by Gasteiger charge is 1.94. The highest BCUT2D eigenvalue weighted by atomic mass is 35.5. The number of hydrogen-bond donors (Lipinski definition) is 0. The van der Waals surface area contributed by atoms with E-state index in [0.717, 1.165) is 26.4 Å². The molecule has 1 heterocycles. The fourth-order valence-electron chi connectivity index (χ4n) is 0.940. The van der Waals surface area contributed by atoms with E-state index >= 15 is 0 Å². The van der Waals surface area contributed by atoms with Crippen molar-refractivity contribution in [2.75, 3.05) is 31.8 Å². The molecule has 0 atom stereocenters. The number of ether oxygens (including phenoxy) is 2. The summed E-state index contributed by atoms with van der Waals surface area (Å²) in [7, 11) is 0. The van der Waals surface area contributed by atoms with Crippen molar-refractivity contribution in [3.8, 4) is 0 Å². The van der Waals surface area contributed by atoms with Crippen molar-refractivity contribution in [1.82, 2.24) is 0 Å². The lowest BCUT2D eigenvalue weighted by atomic mass is 10.2. The summed E-state index contributed by atoms with van der Waals surface area (Å²) in [5.74, 6) is 0. The second-order valence-electron chi connectivity index (χ2n) is 3.03. The summed E-state index contributed by atoms with van der Waals surface area (Å²) in [6, 6.07) is 0. The molecule has 0 N–H and O–H groups in total. The Bertz CT molecular complexity index is 73.1. The van der Waals surface area contributed by atoms with Gasteiger partial charge in [-0.2, -0.15) is 0 Å². The lowest BCUT2D eigenvalue weighted by molar-refractivity contribution is -0.0334. The zero-order valence-electron chi connectivity index (χ0n) is 9.94. The van der Waals surface area contributed by atoms with Gasteiger partial charge in [-0.1, -0.05) is 39.5 Å². The van der Waals surface area contributed by atoms with E-state index in [0.29, 0.717) is 0 Å². The highest BCUT2D eigenvalue weighted by Crippen LogP contribution is 1.95. The number of hydrogen-bond acceptors (Lipinski definition) is 2. The third kappa shape index (κ3) is 25.1. The molecule has 0 radical (unpaired) electrons. The molecule has 4 heteroatoms. The van der Waals surface area contributed by atoms with Crippen molar-refractivity contribution in [3.05, 3.63) is 0 Å². The fraction of sp³-hybridized carbons (Fsp3) is 1.00. The van der Waals surface area contributed by atoms with Gasteiger partial charge < -0.3 is 9.47 Å². The topological polar surface area (TPSA) is 18.5 Å². The van der Waals surface area contributed by atoms with Crippen LogP contribution in [0.1, 0.15) is 39.5 Å². The third-order valence-corrected chi connectivity index (χ3v) is 1.70. The fourth-order valence-corrected chi connectivity index (χ4v) is 0.940. The molecule has 0 amide bonds. The molecule has 1 saturated heterocycles. The molecule has 0 bridgehead atoms. The smallest absolute Gasteiger partial charge is 0.0967 e. The van der Waals surface area contributed by atoms with Gasteiger partial charge in [0, 0.05) is 0 Å². The molecule has 0 aromatic rings. The van der Waals surface area contributed by atoms with Crippen molar-refractivity contribution in [2.45, 2.75) is 39.5 Å². The van der Waals surface area contributed by atoms with Gasteiger partial charge in [-0.05, 0) is 0 Å². The minimum absolute atomic E-state index is 0.194. The number of unbranched alkanes of at least 4 members (excludes halogenated alkanes) is 3. The Kier molecular flexibility index (Phi) is 23.8. The van der Waals surface area contributed by atoms with Crippen molar-refractivity contribution in [2.24, 2.45) is 0 Å². The standard InChI is InChI=1S/C6H14.C4H8O2.CH2Cl2/c1-3-5-6-4-2;1-2-6-4-3-5-1;2-1-3/h3-6H2,1-2H3;1-4H2;1H2. The average molecular weight is 259 g/mol. The quantitative estimate of drug-likeness (QED) is 0.562. The van der Waals surface area contributed by atoms with Crippen LogP contribution in [0.5, 0.6) is 0 Å². The van der Waals surface area contributed by atoms with Gasteiger partial charge in [-0.3, -0.25) is 0 Å². The van der Waals surface area contributed by atoms with Gasteiger partial charge in [0.25, 0.3) is 0 Å². The Morgan fingerprint density at radius 3 is 1.20 bits per heavy atom. The average Bonchev–Trinajstić information content (AvgIpc) is 2.30. The van der Waals surface area contributed by atoms with E-state index in [1.807, 2.05) is 0 Å². The monoisotopic (exact) mass is 258 g/mol. The number of halogens is 2. The van der Waals surface area contributed by atoms with Gasteiger partial charge in [-0.15, -0.1) is 23.2 Å². The molecule has 94 valence electrons. The van der Waals surface area contributed by atoms with Crippen LogP contribution in [0.25, 0.3) is 0 Å². The van der Waals surface area contributed by atoms with Gasteiger partial charge in [0.15, 0.2) is 0 Å². The van der Waals surface area contributed by atoms with E-state index in [1.54, 1.807) is 0 Å². The first-order chi connectivity index (χ1) is 7.33. The zero-order chi connectivity index (χ0) is 11.8. The second kappa shape index (κ2) is 20.0. The van der Waals surface area contributed by atoms with Crippen LogP contribution in [0.3, 0.4) is 0 Å². The summed E-state index contributed by atoms with van der Waals surface area (Å²) in [4.78, 5) is 0. The number of alkyl halides is 2. The van der Waals surface area contributed by atoms with Gasteiger partial charge in [-0.25, -0.2) is 0 Å². The highest BCUT2D eigenvalue weighted by molar-refractivity contribution is 6.40. The summed E-state index contributed by atoms with van der Waals surface area (Å²) in [6.07, 6.45) is 5.54. The first-order valence-electron chi connectivity index (χ1n) is 5.60. The summed E-state index contributed by atoms with van der Waals surface area (Å²) in [6.45, 7) is 7.57. The van der Waals surface area contributed by atoms with Crippen LogP contribution in [0.15, 0.2) is 0 Å². The van der Waals surface area contributed by atoms with E-state index < -0.39 is 0 Å². The summed E-state index contributed by atoms with van der Waals surface area (Å²) < 4.78 is 9.89. The third-order valence-electron chi connectivity index (χ3n) is 1.70. The second-order valence-corrected chi connectivity index (χ2v) is 3.84. The first kappa shape index (κ1) is 17.9. The van der Waals surface area contributed by atoms with Crippen LogP contribution in [0.2, 0.25) is 0 Å². The summed E-state index contributed by atoms with van der Waals surface area (Å²) in [5, 5.41) is 0.194. The molecule has 1 rings (SSSR count). The molecule has 1 aliphatic heterocycles. The molecule has 2 nitrogen and oxygen atoms in total. The SMILES string of the molecule is C1COCCO1.CCCCCC.ClCCl. The Balaban J connectivity index is 0. The maximum Gasteiger partial charge on any atom is 0.0967 e. The molecular formula is C11H24Cl2O2. The van der Waals surface area contributed by atoms with Crippen molar-refractivity contribution < 1.29 is 9.47 Å². The predicted octanol–water partition coefficient (Wildman–Crippen LogP) is 4.04. The molecule has 1 aliphatic rings. The zero-order valence-corrected chi connectivity index (χ0v) is 11.4. The Morgan fingerprint density at radius 2 is 1.07 bits per heavy atom. The Morgan fingerprint density at radius 1 is 0.800 bits per heavy atom. The minimum atomic E-state index is 0.194. The van der Waals surface area contributed by atoms with Crippen LogP contribution in [0, 0.1) is 0 Å². The van der Waals surface area contributed by atoms with Gasteiger partial charge in [0.05, 0.1) is 31.8 Å². The summed E-state index contributed by atoms with van der Waals surface area (Å²) in [5.41, 5.74) is 0.